The van der Waals surface area contributed by atoms with E-state index in [1.807, 2.05) is 23.2 Å². The summed E-state index contributed by atoms with van der Waals surface area (Å²) < 4.78 is 2.85. The van der Waals surface area contributed by atoms with Crippen molar-refractivity contribution >= 4 is 27.3 Å². The van der Waals surface area contributed by atoms with Crippen molar-refractivity contribution in [1.82, 2.24) is 14.5 Å². The van der Waals surface area contributed by atoms with E-state index in [1.165, 1.54) is 0 Å². The van der Waals surface area contributed by atoms with Crippen molar-refractivity contribution in [2.45, 2.75) is 0 Å². The number of hydrogen-bond donors (Lipinski definition) is 0. The van der Waals surface area contributed by atoms with Crippen LogP contribution in [0.1, 0.15) is 0 Å². The second-order valence-corrected chi connectivity index (χ2v) is 4.51. The highest BCUT2D eigenvalue weighted by Gasteiger charge is 2.05. The summed E-state index contributed by atoms with van der Waals surface area (Å²) in [6, 6.07) is 0. The highest BCUT2D eigenvalue weighted by molar-refractivity contribution is 9.11. The summed E-state index contributed by atoms with van der Waals surface area (Å²) in [5.74, 6) is 0. The molecular weight excluding hydrogens is 238 g/mol. The smallest absolute Gasteiger partial charge is 0.159 e. The first-order valence-electron chi connectivity index (χ1n) is 3.35. The van der Waals surface area contributed by atoms with Crippen LogP contribution in [-0.2, 0) is 7.05 Å². The molecule has 0 saturated heterocycles. The zero-order valence-corrected chi connectivity index (χ0v) is 8.76. The van der Waals surface area contributed by atoms with Crippen LogP contribution in [0.5, 0.6) is 0 Å². The number of aromatic nitrogens is 3. The average molecular weight is 244 g/mol. The standard InChI is InChI=1S/C7H6BrN3S/c1-11-4-9-2-6(11)5-3-12-7(8)10-5/h2-4H,1H3. The van der Waals surface area contributed by atoms with E-state index in [4.69, 9.17) is 0 Å². The minimum absolute atomic E-state index is 0.902. The molecule has 2 aromatic rings. The van der Waals surface area contributed by atoms with Crippen LogP contribution in [0, 0.1) is 0 Å². The molecule has 0 unspecified atom stereocenters. The molecule has 2 heterocycles. The van der Waals surface area contributed by atoms with Crippen molar-refractivity contribution < 1.29 is 0 Å². The van der Waals surface area contributed by atoms with Crippen LogP contribution in [-0.4, -0.2) is 14.5 Å². The molecule has 2 aromatic heterocycles. The molecule has 0 aliphatic heterocycles. The number of nitrogens with zero attached hydrogens (tertiary/aromatic N) is 3. The molecule has 3 nitrogen and oxygen atoms in total. The Kier molecular flexibility index (Phi) is 1.98. The number of rotatable bonds is 1. The third-order valence-corrected chi connectivity index (χ3v) is 2.92. The Bertz CT molecular complexity index is 393. The van der Waals surface area contributed by atoms with Gasteiger partial charge < -0.3 is 4.57 Å². The molecule has 0 aromatic carbocycles. The van der Waals surface area contributed by atoms with Gasteiger partial charge in [-0.15, -0.1) is 11.3 Å². The van der Waals surface area contributed by atoms with E-state index in [2.05, 4.69) is 25.9 Å². The lowest BCUT2D eigenvalue weighted by Gasteiger charge is -1.94. The van der Waals surface area contributed by atoms with E-state index in [1.54, 1.807) is 17.7 Å². The summed E-state index contributed by atoms with van der Waals surface area (Å²) in [5.41, 5.74) is 2.00. The molecular formula is C7H6BrN3S. The number of imidazole rings is 1. The third-order valence-electron chi connectivity index (χ3n) is 1.56. The molecule has 0 saturated carbocycles. The first-order valence-corrected chi connectivity index (χ1v) is 5.02. The summed E-state index contributed by atoms with van der Waals surface area (Å²) in [7, 11) is 1.95. The molecule has 0 radical (unpaired) electrons. The largest absolute Gasteiger partial charge is 0.332 e. The van der Waals surface area contributed by atoms with E-state index in [0.29, 0.717) is 0 Å². The first kappa shape index (κ1) is 7.94. The lowest BCUT2D eigenvalue weighted by Crippen LogP contribution is -1.88. The van der Waals surface area contributed by atoms with Crippen LogP contribution < -0.4 is 0 Å². The second kappa shape index (κ2) is 2.99. The van der Waals surface area contributed by atoms with Crippen molar-refractivity contribution in [3.05, 3.63) is 21.8 Å². The number of thiazole rings is 1. The second-order valence-electron chi connectivity index (χ2n) is 2.38. The topological polar surface area (TPSA) is 30.7 Å². The van der Waals surface area contributed by atoms with Crippen molar-refractivity contribution in [1.29, 1.82) is 0 Å². The molecule has 0 spiro atoms. The van der Waals surface area contributed by atoms with E-state index in [9.17, 15) is 0 Å². The normalized spacial score (nSPS) is 10.5. The van der Waals surface area contributed by atoms with E-state index < -0.39 is 0 Å². The fraction of sp³-hybridized carbons (Fsp3) is 0.143. The average Bonchev–Trinajstić information content (AvgIpc) is 2.58. The number of halogens is 1. The maximum atomic E-state index is 4.29. The third kappa shape index (κ3) is 1.30. The quantitative estimate of drug-likeness (QED) is 0.770. The van der Waals surface area contributed by atoms with Gasteiger partial charge in [0.05, 0.1) is 18.2 Å². The Labute approximate surface area is 82.2 Å². The maximum Gasteiger partial charge on any atom is 0.159 e. The summed E-state index contributed by atoms with van der Waals surface area (Å²) in [5, 5.41) is 2.00. The van der Waals surface area contributed by atoms with Crippen molar-refractivity contribution in [2.75, 3.05) is 0 Å². The molecule has 0 N–H and O–H groups in total. The van der Waals surface area contributed by atoms with E-state index in [0.717, 1.165) is 15.3 Å². The van der Waals surface area contributed by atoms with Crippen molar-refractivity contribution in [2.24, 2.45) is 7.05 Å². The summed E-state index contributed by atoms with van der Waals surface area (Å²) in [6.07, 6.45) is 3.57. The molecule has 0 aliphatic carbocycles. The van der Waals surface area contributed by atoms with Crippen LogP contribution in [0.3, 0.4) is 0 Å². The zero-order chi connectivity index (χ0) is 8.55. The SMILES string of the molecule is Cn1cncc1-c1csc(Br)n1. The monoisotopic (exact) mass is 243 g/mol. The van der Waals surface area contributed by atoms with Gasteiger partial charge in [0.2, 0.25) is 0 Å². The van der Waals surface area contributed by atoms with Crippen LogP contribution in [0.4, 0.5) is 0 Å². The summed E-state index contributed by atoms with van der Waals surface area (Å²) in [4.78, 5) is 8.31. The van der Waals surface area contributed by atoms with Gasteiger partial charge in [0.15, 0.2) is 3.92 Å². The summed E-state index contributed by atoms with van der Waals surface area (Å²) >= 11 is 4.90. The number of hydrogen-bond acceptors (Lipinski definition) is 3. The Morgan fingerprint density at radius 1 is 1.58 bits per heavy atom. The highest BCUT2D eigenvalue weighted by atomic mass is 79.9. The molecule has 0 atom stereocenters. The van der Waals surface area contributed by atoms with Gasteiger partial charge in [-0.3, -0.25) is 0 Å². The molecule has 0 aliphatic rings. The Hall–Kier alpha value is -0.680. The molecule has 0 amide bonds. The predicted octanol–water partition coefficient (Wildman–Crippen LogP) is 2.31. The van der Waals surface area contributed by atoms with Gasteiger partial charge in [-0.25, -0.2) is 9.97 Å². The first-order chi connectivity index (χ1) is 5.77. The fourth-order valence-corrected chi connectivity index (χ4v) is 1.98. The Balaban J connectivity index is 2.50. The highest BCUT2D eigenvalue weighted by Crippen LogP contribution is 2.23. The van der Waals surface area contributed by atoms with E-state index >= 15 is 0 Å². The molecule has 62 valence electrons. The van der Waals surface area contributed by atoms with Crippen LogP contribution in [0.25, 0.3) is 11.4 Å². The van der Waals surface area contributed by atoms with E-state index in [-0.39, 0.29) is 0 Å². The van der Waals surface area contributed by atoms with Gasteiger partial charge in [0, 0.05) is 12.4 Å². The van der Waals surface area contributed by atoms with Gasteiger partial charge in [-0.1, -0.05) is 0 Å². The zero-order valence-electron chi connectivity index (χ0n) is 6.36. The lowest BCUT2D eigenvalue weighted by molar-refractivity contribution is 0.917. The van der Waals surface area contributed by atoms with Gasteiger partial charge in [0.25, 0.3) is 0 Å². The summed E-state index contributed by atoms with van der Waals surface area (Å²) in [6.45, 7) is 0. The lowest BCUT2D eigenvalue weighted by atomic mass is 10.4. The van der Waals surface area contributed by atoms with Crippen LogP contribution >= 0.6 is 27.3 Å². The van der Waals surface area contributed by atoms with Gasteiger partial charge >= 0.3 is 0 Å². The molecule has 0 bridgehead atoms. The van der Waals surface area contributed by atoms with Crippen LogP contribution in [0.15, 0.2) is 21.8 Å². The molecule has 12 heavy (non-hydrogen) atoms. The van der Waals surface area contributed by atoms with Crippen LogP contribution in [0.2, 0.25) is 0 Å². The predicted molar refractivity (Wildman–Crippen MR) is 52.0 cm³/mol. The van der Waals surface area contributed by atoms with Gasteiger partial charge in [-0.05, 0) is 15.9 Å². The van der Waals surface area contributed by atoms with Gasteiger partial charge in [-0.2, -0.15) is 0 Å². The molecule has 0 fully saturated rings. The molecule has 5 heteroatoms. The Morgan fingerprint density at radius 2 is 2.42 bits per heavy atom. The maximum absolute atomic E-state index is 4.29. The van der Waals surface area contributed by atoms with Gasteiger partial charge in [0.1, 0.15) is 5.69 Å². The van der Waals surface area contributed by atoms with Crippen molar-refractivity contribution in [3.8, 4) is 11.4 Å². The van der Waals surface area contributed by atoms with Crippen molar-refractivity contribution in [3.63, 3.8) is 0 Å². The Morgan fingerprint density at radius 3 is 2.92 bits per heavy atom. The minimum Gasteiger partial charge on any atom is -0.332 e. The minimum atomic E-state index is 0.902. The fourth-order valence-electron chi connectivity index (χ4n) is 0.974. The molecule has 2 rings (SSSR count). The number of aryl methyl sites for hydroxylation is 1.